The van der Waals surface area contributed by atoms with Crippen LogP contribution in [0.5, 0.6) is 0 Å². The molecule has 0 saturated carbocycles. The van der Waals surface area contributed by atoms with Crippen molar-refractivity contribution < 1.29 is 0 Å². The summed E-state index contributed by atoms with van der Waals surface area (Å²) >= 11 is 0. The lowest BCUT2D eigenvalue weighted by molar-refractivity contribution is 0.200. The molecule has 1 fully saturated rings. The van der Waals surface area contributed by atoms with Crippen LogP contribution in [0.3, 0.4) is 0 Å². The molecule has 0 atom stereocenters. The second-order valence-electron chi connectivity index (χ2n) is 7.18. The van der Waals surface area contributed by atoms with Crippen molar-refractivity contribution in [1.82, 2.24) is 29.0 Å². The molecule has 1 aliphatic rings. The number of aryl methyl sites for hydroxylation is 1. The third kappa shape index (κ3) is 3.60. The van der Waals surface area contributed by atoms with E-state index >= 15 is 0 Å². The zero-order valence-electron chi connectivity index (χ0n) is 16.0. The lowest BCUT2D eigenvalue weighted by atomic mass is 9.95. The van der Waals surface area contributed by atoms with E-state index in [-0.39, 0.29) is 5.69 Å². The normalized spacial score (nSPS) is 16.1. The largest absolute Gasteiger partial charge is 0.345 e. The molecular weight excluding hydrogens is 340 g/mol. The molecule has 1 saturated heterocycles. The number of likely N-dealkylation sites (tertiary alicyclic amines) is 1. The van der Waals surface area contributed by atoms with Crippen LogP contribution in [0.1, 0.15) is 37.1 Å². The van der Waals surface area contributed by atoms with Crippen LogP contribution in [0.4, 0.5) is 0 Å². The summed E-state index contributed by atoms with van der Waals surface area (Å²) in [4.78, 5) is 14.6. The van der Waals surface area contributed by atoms with Crippen molar-refractivity contribution in [2.75, 3.05) is 13.1 Å². The second-order valence-corrected chi connectivity index (χ2v) is 7.18. The van der Waals surface area contributed by atoms with E-state index in [1.54, 1.807) is 13.2 Å². The zero-order valence-corrected chi connectivity index (χ0v) is 16.0. The number of hydrogen-bond acceptors (Lipinski definition) is 4. The maximum Gasteiger partial charge on any atom is 0.345 e. The average Bonchev–Trinajstić information content (AvgIpc) is 3.32. The Labute approximate surface area is 158 Å². The molecule has 0 aliphatic carbocycles. The van der Waals surface area contributed by atoms with E-state index in [0.717, 1.165) is 44.0 Å². The van der Waals surface area contributed by atoms with Gasteiger partial charge in [0.05, 0.1) is 5.69 Å². The molecule has 0 N–H and O–H groups in total. The van der Waals surface area contributed by atoms with Gasteiger partial charge in [-0.1, -0.05) is 12.1 Å². The maximum atomic E-state index is 12.1. The summed E-state index contributed by atoms with van der Waals surface area (Å²) in [5.74, 6) is 1.32. The van der Waals surface area contributed by atoms with Crippen LogP contribution in [0.2, 0.25) is 0 Å². The van der Waals surface area contributed by atoms with Crippen LogP contribution in [0.25, 0.3) is 5.69 Å². The number of hydrogen-bond donors (Lipinski definition) is 0. The number of rotatable bonds is 5. The minimum absolute atomic E-state index is 0.00892. The molecule has 0 unspecified atom stereocenters. The van der Waals surface area contributed by atoms with Gasteiger partial charge >= 0.3 is 5.69 Å². The first-order valence-corrected chi connectivity index (χ1v) is 9.60. The van der Waals surface area contributed by atoms with Crippen molar-refractivity contribution in [2.24, 2.45) is 7.05 Å². The molecule has 0 amide bonds. The van der Waals surface area contributed by atoms with Crippen molar-refractivity contribution in [3.05, 3.63) is 64.6 Å². The summed E-state index contributed by atoms with van der Waals surface area (Å²) in [6.07, 6.45) is 5.83. The quantitative estimate of drug-likeness (QED) is 0.694. The predicted octanol–water partition coefficient (Wildman–Crippen LogP) is 2.17. The summed E-state index contributed by atoms with van der Waals surface area (Å²) in [7, 11) is 1.74. The molecule has 7 nitrogen and oxygen atoms in total. The SMILES string of the molecule is CCn1c(C2CCN(Cc3cccc(-n4cccn4)c3)CC2)nn(C)c1=O. The highest BCUT2D eigenvalue weighted by atomic mass is 16.2. The smallest absolute Gasteiger partial charge is 0.299 e. The Kier molecular flexibility index (Phi) is 4.94. The number of piperidine rings is 1. The highest BCUT2D eigenvalue weighted by Crippen LogP contribution is 2.27. The molecule has 0 spiro atoms. The van der Waals surface area contributed by atoms with Crippen molar-refractivity contribution in [3.8, 4) is 5.69 Å². The maximum absolute atomic E-state index is 12.1. The van der Waals surface area contributed by atoms with Gasteiger partial charge in [0, 0.05) is 38.4 Å². The average molecular weight is 366 g/mol. The molecule has 3 heterocycles. The summed E-state index contributed by atoms with van der Waals surface area (Å²) in [6.45, 7) is 5.66. The standard InChI is InChI=1S/C20H26N6O/c1-3-25-19(22-23(2)20(25)27)17-8-12-24(13-9-17)15-16-6-4-7-18(14-16)26-11-5-10-21-26/h4-7,10-11,14,17H,3,8-9,12-13,15H2,1-2H3. The first-order valence-electron chi connectivity index (χ1n) is 9.60. The molecule has 142 valence electrons. The number of aromatic nitrogens is 5. The Bertz CT molecular complexity index is 947. The Hall–Kier alpha value is -2.67. The van der Waals surface area contributed by atoms with Crippen LogP contribution in [0.15, 0.2) is 47.5 Å². The molecule has 0 radical (unpaired) electrons. The molecule has 0 bridgehead atoms. The van der Waals surface area contributed by atoms with Crippen LogP contribution < -0.4 is 5.69 Å². The topological polar surface area (TPSA) is 60.9 Å². The molecular formula is C20H26N6O. The van der Waals surface area contributed by atoms with Crippen LogP contribution in [-0.2, 0) is 20.1 Å². The van der Waals surface area contributed by atoms with Gasteiger partial charge in [-0.2, -0.15) is 10.2 Å². The predicted molar refractivity (Wildman–Crippen MR) is 104 cm³/mol. The monoisotopic (exact) mass is 366 g/mol. The number of benzene rings is 1. The summed E-state index contributed by atoms with van der Waals surface area (Å²) in [5.41, 5.74) is 2.38. The van der Waals surface area contributed by atoms with Crippen molar-refractivity contribution in [3.63, 3.8) is 0 Å². The molecule has 27 heavy (non-hydrogen) atoms. The summed E-state index contributed by atoms with van der Waals surface area (Å²) in [6, 6.07) is 10.5. The van der Waals surface area contributed by atoms with Gasteiger partial charge in [-0.15, -0.1) is 0 Å². The second kappa shape index (κ2) is 7.52. The van der Waals surface area contributed by atoms with Gasteiger partial charge in [0.2, 0.25) is 0 Å². The van der Waals surface area contributed by atoms with Crippen molar-refractivity contribution in [2.45, 2.75) is 38.8 Å². The van der Waals surface area contributed by atoms with Gasteiger partial charge in [-0.3, -0.25) is 9.47 Å². The van der Waals surface area contributed by atoms with E-state index in [1.165, 1.54) is 10.2 Å². The lowest BCUT2D eigenvalue weighted by Gasteiger charge is -2.31. The third-order valence-corrected chi connectivity index (χ3v) is 5.39. The van der Waals surface area contributed by atoms with Gasteiger partial charge in [-0.25, -0.2) is 14.2 Å². The minimum atomic E-state index is -0.00892. The fourth-order valence-corrected chi connectivity index (χ4v) is 3.95. The summed E-state index contributed by atoms with van der Waals surface area (Å²) < 4.78 is 5.17. The molecule has 7 heteroatoms. The fraction of sp³-hybridized carbons (Fsp3) is 0.450. The molecule has 3 aromatic rings. The van der Waals surface area contributed by atoms with E-state index in [0.29, 0.717) is 12.5 Å². The highest BCUT2D eigenvalue weighted by Gasteiger charge is 2.25. The van der Waals surface area contributed by atoms with Crippen molar-refractivity contribution >= 4 is 0 Å². The van der Waals surface area contributed by atoms with E-state index in [4.69, 9.17) is 0 Å². The first-order chi connectivity index (χ1) is 13.2. The minimum Gasteiger partial charge on any atom is -0.299 e. The van der Waals surface area contributed by atoms with E-state index in [1.807, 2.05) is 28.4 Å². The fourth-order valence-electron chi connectivity index (χ4n) is 3.95. The van der Waals surface area contributed by atoms with Gasteiger partial charge in [0.1, 0.15) is 5.82 Å². The highest BCUT2D eigenvalue weighted by molar-refractivity contribution is 5.35. The lowest BCUT2D eigenvalue weighted by Crippen LogP contribution is -2.33. The van der Waals surface area contributed by atoms with Crippen LogP contribution in [-0.4, -0.2) is 42.1 Å². The molecule has 1 aromatic carbocycles. The van der Waals surface area contributed by atoms with Gasteiger partial charge in [-0.05, 0) is 56.6 Å². The molecule has 2 aromatic heterocycles. The first kappa shape index (κ1) is 17.7. The van der Waals surface area contributed by atoms with Gasteiger partial charge < -0.3 is 0 Å². The third-order valence-electron chi connectivity index (χ3n) is 5.39. The van der Waals surface area contributed by atoms with Crippen molar-refractivity contribution in [1.29, 1.82) is 0 Å². The van der Waals surface area contributed by atoms with Gasteiger partial charge in [0.15, 0.2) is 0 Å². The van der Waals surface area contributed by atoms with E-state index < -0.39 is 0 Å². The molecule has 1 aliphatic heterocycles. The Morgan fingerprint density at radius 3 is 2.70 bits per heavy atom. The van der Waals surface area contributed by atoms with E-state index in [2.05, 4.69) is 39.4 Å². The Morgan fingerprint density at radius 2 is 2.00 bits per heavy atom. The Morgan fingerprint density at radius 1 is 1.19 bits per heavy atom. The molecule has 4 rings (SSSR count). The Balaban J connectivity index is 1.41. The zero-order chi connectivity index (χ0) is 18.8. The van der Waals surface area contributed by atoms with Crippen LogP contribution >= 0.6 is 0 Å². The van der Waals surface area contributed by atoms with E-state index in [9.17, 15) is 4.79 Å². The van der Waals surface area contributed by atoms with Crippen LogP contribution in [0, 0.1) is 0 Å². The van der Waals surface area contributed by atoms with Gasteiger partial charge in [0.25, 0.3) is 0 Å². The number of nitrogens with zero attached hydrogens (tertiary/aromatic N) is 6. The summed E-state index contributed by atoms with van der Waals surface area (Å²) in [5, 5.41) is 8.80.